The summed E-state index contributed by atoms with van der Waals surface area (Å²) in [6.07, 6.45) is 5.66. The van der Waals surface area contributed by atoms with Crippen LogP contribution >= 0.6 is 0 Å². The van der Waals surface area contributed by atoms with E-state index in [-0.39, 0.29) is 0 Å². The minimum absolute atomic E-state index is 0.782. The summed E-state index contributed by atoms with van der Waals surface area (Å²) >= 11 is 0. The number of hydrogen-bond donors (Lipinski definition) is 0. The van der Waals surface area contributed by atoms with Crippen LogP contribution in [0.5, 0.6) is 0 Å². The van der Waals surface area contributed by atoms with Gasteiger partial charge in [-0.15, -0.1) is 0 Å². The molecular formula is C50H30N6. The third-order valence-corrected chi connectivity index (χ3v) is 11.2. The minimum Gasteiger partial charge on any atom is -0.307 e. The molecule has 0 atom stereocenters. The highest BCUT2D eigenvalue weighted by molar-refractivity contribution is 6.14. The normalized spacial score (nSPS) is 11.9. The largest absolute Gasteiger partial charge is 0.307 e. The molecule has 0 fully saturated rings. The predicted octanol–water partition coefficient (Wildman–Crippen LogP) is 12.3. The number of rotatable bonds is 4. The molecule has 0 aliphatic rings. The lowest BCUT2D eigenvalue weighted by molar-refractivity contribution is 1.08. The quantitative estimate of drug-likeness (QED) is 0.170. The van der Waals surface area contributed by atoms with E-state index in [0.717, 1.165) is 82.9 Å². The van der Waals surface area contributed by atoms with Crippen molar-refractivity contribution >= 4 is 76.3 Å². The van der Waals surface area contributed by atoms with Gasteiger partial charge < -0.3 is 4.57 Å². The standard InChI is InChI=1S/C50H30N6/c1-2-10-31(11-3-1)36-17-20-45-40(22-36)39-19-18-38(28-47(39)56(45)49-16-8-9-21-51-49)55-46-26-35-15-7-4-12-32(35)23-41(46)50-48(55)27-37(29-53-50)44-30-52-42-24-33-13-5-6-14-34(33)25-43(42)54-44/h1-30H. The lowest BCUT2D eigenvalue weighted by Gasteiger charge is -2.11. The van der Waals surface area contributed by atoms with Gasteiger partial charge in [-0.25, -0.2) is 9.97 Å². The van der Waals surface area contributed by atoms with Crippen molar-refractivity contribution in [2.45, 2.75) is 0 Å². The van der Waals surface area contributed by atoms with Crippen molar-refractivity contribution < 1.29 is 0 Å². The number of pyridine rings is 2. The molecule has 0 saturated carbocycles. The Morgan fingerprint density at radius 2 is 1.11 bits per heavy atom. The van der Waals surface area contributed by atoms with Crippen LogP contribution in [0.2, 0.25) is 0 Å². The molecule has 56 heavy (non-hydrogen) atoms. The summed E-state index contributed by atoms with van der Waals surface area (Å²) in [7, 11) is 0. The predicted molar refractivity (Wildman–Crippen MR) is 230 cm³/mol. The number of nitrogens with zero attached hydrogens (tertiary/aromatic N) is 6. The summed E-state index contributed by atoms with van der Waals surface area (Å²) in [6.45, 7) is 0. The molecule has 5 heterocycles. The molecule has 0 N–H and O–H groups in total. The Morgan fingerprint density at radius 3 is 1.91 bits per heavy atom. The zero-order valence-electron chi connectivity index (χ0n) is 30.0. The Bertz CT molecular complexity index is 3530. The van der Waals surface area contributed by atoms with Gasteiger partial charge in [-0.2, -0.15) is 0 Å². The van der Waals surface area contributed by atoms with Gasteiger partial charge in [0.15, 0.2) is 0 Å². The maximum absolute atomic E-state index is 5.17. The highest BCUT2D eigenvalue weighted by atomic mass is 15.1. The van der Waals surface area contributed by atoms with Crippen LogP contribution in [0, 0.1) is 0 Å². The summed E-state index contributed by atoms with van der Waals surface area (Å²) in [5.74, 6) is 0.872. The highest BCUT2D eigenvalue weighted by Gasteiger charge is 2.20. The number of hydrogen-bond acceptors (Lipinski definition) is 4. The monoisotopic (exact) mass is 714 g/mol. The van der Waals surface area contributed by atoms with Crippen molar-refractivity contribution in [1.29, 1.82) is 0 Å². The van der Waals surface area contributed by atoms with Crippen LogP contribution in [0.1, 0.15) is 0 Å². The molecule has 6 heteroatoms. The second-order valence-electron chi connectivity index (χ2n) is 14.4. The van der Waals surface area contributed by atoms with Gasteiger partial charge in [-0.05, 0) is 99.4 Å². The van der Waals surface area contributed by atoms with Gasteiger partial charge in [0.05, 0.1) is 50.5 Å². The first-order valence-corrected chi connectivity index (χ1v) is 18.8. The fraction of sp³-hybridized carbons (Fsp3) is 0. The van der Waals surface area contributed by atoms with Gasteiger partial charge in [-0.1, -0.05) is 97.1 Å². The van der Waals surface area contributed by atoms with Crippen molar-refractivity contribution in [3.63, 3.8) is 0 Å². The van der Waals surface area contributed by atoms with E-state index in [1.165, 1.54) is 27.3 Å². The van der Waals surface area contributed by atoms with Crippen molar-refractivity contribution in [2.75, 3.05) is 0 Å². The summed E-state index contributed by atoms with van der Waals surface area (Å²) in [5.41, 5.74) is 12.0. The average molecular weight is 715 g/mol. The Kier molecular flexibility index (Phi) is 6.53. The summed E-state index contributed by atoms with van der Waals surface area (Å²) in [6, 6.07) is 58.1. The van der Waals surface area contributed by atoms with Crippen molar-refractivity contribution in [3.8, 4) is 33.9 Å². The molecule has 0 saturated heterocycles. The molecule has 0 aliphatic carbocycles. The molecule has 6 nitrogen and oxygen atoms in total. The van der Waals surface area contributed by atoms with Crippen LogP contribution in [-0.4, -0.2) is 29.1 Å². The first kappa shape index (κ1) is 30.7. The first-order valence-electron chi connectivity index (χ1n) is 18.8. The van der Waals surface area contributed by atoms with E-state index < -0.39 is 0 Å². The van der Waals surface area contributed by atoms with E-state index in [0.29, 0.717) is 0 Å². The summed E-state index contributed by atoms with van der Waals surface area (Å²) in [4.78, 5) is 20.0. The van der Waals surface area contributed by atoms with E-state index in [1.54, 1.807) is 0 Å². The number of fused-ring (bicyclic) bond motifs is 9. The molecule has 0 aliphatic heterocycles. The Hall–Kier alpha value is -7.70. The first-order chi connectivity index (χ1) is 27.7. The zero-order chi connectivity index (χ0) is 36.7. The van der Waals surface area contributed by atoms with Gasteiger partial charge in [0, 0.05) is 39.8 Å². The summed E-state index contributed by atoms with van der Waals surface area (Å²) in [5, 5.41) is 8.08. The van der Waals surface area contributed by atoms with Gasteiger partial charge >= 0.3 is 0 Å². The minimum atomic E-state index is 0.782. The van der Waals surface area contributed by atoms with E-state index in [1.807, 2.05) is 30.7 Å². The Labute approximate surface area is 320 Å². The maximum Gasteiger partial charge on any atom is 0.137 e. The van der Waals surface area contributed by atoms with Crippen LogP contribution < -0.4 is 0 Å². The number of benzene rings is 7. The maximum atomic E-state index is 5.17. The molecule has 12 aromatic rings. The average Bonchev–Trinajstić information content (AvgIpc) is 3.76. The van der Waals surface area contributed by atoms with E-state index in [2.05, 4.69) is 161 Å². The smallest absolute Gasteiger partial charge is 0.137 e. The van der Waals surface area contributed by atoms with Crippen molar-refractivity contribution in [3.05, 3.63) is 182 Å². The molecule has 0 bridgehead atoms. The molecule has 7 aromatic carbocycles. The van der Waals surface area contributed by atoms with Gasteiger partial charge in [0.25, 0.3) is 0 Å². The topological polar surface area (TPSA) is 61.4 Å². The second kappa shape index (κ2) is 11.9. The lowest BCUT2D eigenvalue weighted by atomic mass is 10.0. The SMILES string of the molecule is c1ccc(-c2ccc3c(c2)c2ccc(-n4c5cc6ccccc6cc5c5ncc(-c6cnc7cc8ccccc8cc7n6)cc54)cc2n3-c2ccccn2)cc1. The van der Waals surface area contributed by atoms with Crippen LogP contribution in [0.4, 0.5) is 0 Å². The lowest BCUT2D eigenvalue weighted by Crippen LogP contribution is -1.99. The summed E-state index contributed by atoms with van der Waals surface area (Å²) < 4.78 is 4.63. The number of aromatic nitrogens is 6. The molecule has 0 spiro atoms. The molecular weight excluding hydrogens is 685 g/mol. The second-order valence-corrected chi connectivity index (χ2v) is 14.4. The van der Waals surface area contributed by atoms with E-state index >= 15 is 0 Å². The van der Waals surface area contributed by atoms with Gasteiger partial charge in [0.1, 0.15) is 5.82 Å². The molecule has 260 valence electrons. The third kappa shape index (κ3) is 4.69. The molecule has 12 rings (SSSR count). The zero-order valence-corrected chi connectivity index (χ0v) is 30.0. The molecule has 0 unspecified atom stereocenters. The van der Waals surface area contributed by atoms with Crippen LogP contribution in [0.25, 0.3) is 110 Å². The molecule has 0 radical (unpaired) electrons. The van der Waals surface area contributed by atoms with Crippen molar-refractivity contribution in [1.82, 2.24) is 29.1 Å². The van der Waals surface area contributed by atoms with Gasteiger partial charge in [0.2, 0.25) is 0 Å². The molecule has 0 amide bonds. The fourth-order valence-corrected chi connectivity index (χ4v) is 8.51. The Morgan fingerprint density at radius 1 is 0.375 bits per heavy atom. The third-order valence-electron chi connectivity index (χ3n) is 11.2. The van der Waals surface area contributed by atoms with E-state index in [9.17, 15) is 0 Å². The highest BCUT2D eigenvalue weighted by Crippen LogP contribution is 2.39. The molecule has 5 aromatic heterocycles. The van der Waals surface area contributed by atoms with Crippen LogP contribution in [0.3, 0.4) is 0 Å². The Balaban J connectivity index is 1.12. The van der Waals surface area contributed by atoms with Gasteiger partial charge in [-0.3, -0.25) is 14.5 Å². The van der Waals surface area contributed by atoms with Crippen LogP contribution in [-0.2, 0) is 0 Å². The fourth-order valence-electron chi connectivity index (χ4n) is 8.51. The van der Waals surface area contributed by atoms with Crippen molar-refractivity contribution in [2.24, 2.45) is 0 Å². The van der Waals surface area contributed by atoms with E-state index in [4.69, 9.17) is 19.9 Å². The van der Waals surface area contributed by atoms with Crippen LogP contribution in [0.15, 0.2) is 182 Å².